The van der Waals surface area contributed by atoms with Crippen molar-refractivity contribution in [2.45, 2.75) is 31.4 Å². The number of rotatable bonds is 6. The summed E-state index contributed by atoms with van der Waals surface area (Å²) in [5, 5.41) is 8.96. The summed E-state index contributed by atoms with van der Waals surface area (Å²) in [6.07, 6.45) is 0. The Morgan fingerprint density at radius 1 is 1.08 bits per heavy atom. The van der Waals surface area contributed by atoms with Gasteiger partial charge in [-0.1, -0.05) is 59.8 Å². The normalized spacial score (nSPS) is 10.8. The summed E-state index contributed by atoms with van der Waals surface area (Å²) in [6, 6.07) is 16.3. The van der Waals surface area contributed by atoms with Crippen LogP contribution < -0.4 is 10.6 Å². The predicted octanol–water partition coefficient (Wildman–Crippen LogP) is 3.48. The molecule has 0 aliphatic carbocycles. The molecule has 0 unspecified atom stereocenters. The number of nitrogen functional groups attached to an aromatic ring is 1. The van der Waals surface area contributed by atoms with E-state index in [-0.39, 0.29) is 0 Å². The van der Waals surface area contributed by atoms with E-state index in [1.54, 1.807) is 11.8 Å². The molecule has 0 spiro atoms. The van der Waals surface area contributed by atoms with Crippen LogP contribution in [0.1, 0.15) is 22.5 Å². The van der Waals surface area contributed by atoms with E-state index < -0.39 is 0 Å². The zero-order chi connectivity index (χ0) is 16.9. The molecular formula is C18H20N4OS. The van der Waals surface area contributed by atoms with Crippen LogP contribution in [0.3, 0.4) is 0 Å². The van der Waals surface area contributed by atoms with Gasteiger partial charge in [-0.3, -0.25) is 0 Å². The summed E-state index contributed by atoms with van der Waals surface area (Å²) in [5.74, 6) is 8.32. The highest BCUT2D eigenvalue weighted by Gasteiger charge is 2.11. The summed E-state index contributed by atoms with van der Waals surface area (Å²) in [6.45, 7) is 4.37. The Balaban J connectivity index is 1.62. The minimum atomic E-state index is 0.291. The molecule has 0 bridgehead atoms. The Hall–Kier alpha value is -2.47. The van der Waals surface area contributed by atoms with E-state index >= 15 is 0 Å². The maximum atomic E-state index is 6.08. The number of aryl methyl sites for hydroxylation is 2. The highest BCUT2D eigenvalue weighted by atomic mass is 32.2. The summed E-state index contributed by atoms with van der Waals surface area (Å²) >= 11 is 1.56. The van der Waals surface area contributed by atoms with Crippen LogP contribution >= 0.6 is 11.8 Å². The highest BCUT2D eigenvalue weighted by Crippen LogP contribution is 2.22. The van der Waals surface area contributed by atoms with Crippen LogP contribution in [0.4, 0.5) is 0 Å². The molecule has 124 valence electrons. The molecule has 2 N–H and O–H groups in total. The Labute approximate surface area is 145 Å². The van der Waals surface area contributed by atoms with Gasteiger partial charge in [0.1, 0.15) is 12.4 Å². The molecule has 0 amide bonds. The van der Waals surface area contributed by atoms with Crippen molar-refractivity contribution in [2.24, 2.45) is 0 Å². The fraction of sp³-hybridized carbons (Fsp3) is 0.222. The maximum Gasteiger partial charge on any atom is 0.210 e. The summed E-state index contributed by atoms with van der Waals surface area (Å²) in [7, 11) is 0. The molecule has 3 aromatic rings. The Morgan fingerprint density at radius 3 is 2.62 bits per heavy atom. The van der Waals surface area contributed by atoms with Gasteiger partial charge in [0.15, 0.2) is 5.82 Å². The first-order valence-corrected chi connectivity index (χ1v) is 8.68. The van der Waals surface area contributed by atoms with Crippen molar-refractivity contribution < 1.29 is 4.74 Å². The molecular weight excluding hydrogens is 320 g/mol. The summed E-state index contributed by atoms with van der Waals surface area (Å²) < 4.78 is 7.32. The van der Waals surface area contributed by atoms with Crippen LogP contribution in [-0.2, 0) is 12.4 Å². The molecule has 0 saturated heterocycles. The van der Waals surface area contributed by atoms with Gasteiger partial charge in [0.05, 0.1) is 0 Å². The van der Waals surface area contributed by atoms with Gasteiger partial charge in [0, 0.05) is 5.75 Å². The third kappa shape index (κ3) is 3.89. The van der Waals surface area contributed by atoms with Crippen LogP contribution in [0, 0.1) is 13.8 Å². The lowest BCUT2D eigenvalue weighted by atomic mass is 10.1. The average Bonchev–Trinajstić information content (AvgIpc) is 2.93. The zero-order valence-corrected chi connectivity index (χ0v) is 14.6. The van der Waals surface area contributed by atoms with Gasteiger partial charge in [0.2, 0.25) is 5.16 Å². The number of thioether (sulfide) groups is 1. The number of nitrogens with zero attached hydrogens (tertiary/aromatic N) is 3. The van der Waals surface area contributed by atoms with Crippen molar-refractivity contribution in [2.75, 3.05) is 5.84 Å². The topological polar surface area (TPSA) is 66.0 Å². The lowest BCUT2D eigenvalue weighted by molar-refractivity contribution is 0.289. The molecule has 0 saturated carbocycles. The molecule has 2 aromatic carbocycles. The van der Waals surface area contributed by atoms with Crippen LogP contribution in [0.5, 0.6) is 5.75 Å². The SMILES string of the molecule is Cc1ccc(OCc2nnc(SCc3ccccc3)n2N)c(C)c1. The van der Waals surface area contributed by atoms with Crippen LogP contribution in [0.25, 0.3) is 0 Å². The molecule has 3 rings (SSSR count). The van der Waals surface area contributed by atoms with Crippen LogP contribution in [-0.4, -0.2) is 14.9 Å². The van der Waals surface area contributed by atoms with Gasteiger partial charge in [-0.05, 0) is 31.0 Å². The maximum absolute atomic E-state index is 6.08. The van der Waals surface area contributed by atoms with Gasteiger partial charge in [-0.25, -0.2) is 4.68 Å². The van der Waals surface area contributed by atoms with E-state index in [0.717, 1.165) is 17.1 Å². The van der Waals surface area contributed by atoms with Crippen molar-refractivity contribution in [3.63, 3.8) is 0 Å². The van der Waals surface area contributed by atoms with E-state index in [1.165, 1.54) is 15.8 Å². The molecule has 0 fully saturated rings. The quantitative estimate of drug-likeness (QED) is 0.550. The van der Waals surface area contributed by atoms with E-state index in [9.17, 15) is 0 Å². The minimum absolute atomic E-state index is 0.291. The first-order valence-electron chi connectivity index (χ1n) is 7.69. The van der Waals surface area contributed by atoms with Crippen molar-refractivity contribution in [3.8, 4) is 5.75 Å². The molecule has 0 aliphatic rings. The van der Waals surface area contributed by atoms with Gasteiger partial charge >= 0.3 is 0 Å². The summed E-state index contributed by atoms with van der Waals surface area (Å²) in [5.41, 5.74) is 3.52. The molecule has 1 aromatic heterocycles. The lowest BCUT2D eigenvalue weighted by Crippen LogP contribution is -2.16. The van der Waals surface area contributed by atoms with Crippen LogP contribution in [0.15, 0.2) is 53.7 Å². The third-order valence-corrected chi connectivity index (χ3v) is 4.65. The molecule has 0 radical (unpaired) electrons. The van der Waals surface area contributed by atoms with E-state index in [2.05, 4.69) is 35.3 Å². The fourth-order valence-corrected chi connectivity index (χ4v) is 3.16. The third-order valence-electron chi connectivity index (χ3n) is 3.63. The average molecular weight is 340 g/mol. The highest BCUT2D eigenvalue weighted by molar-refractivity contribution is 7.98. The standard InChI is InChI=1S/C18H20N4OS/c1-13-8-9-16(14(2)10-13)23-11-17-20-21-18(22(17)19)24-12-15-6-4-3-5-7-15/h3-10H,11-12,19H2,1-2H3. The van der Waals surface area contributed by atoms with Crippen molar-refractivity contribution >= 4 is 11.8 Å². The number of hydrogen-bond acceptors (Lipinski definition) is 5. The van der Waals surface area contributed by atoms with Gasteiger partial charge in [0.25, 0.3) is 0 Å². The second-order valence-electron chi connectivity index (χ2n) is 5.60. The largest absolute Gasteiger partial charge is 0.485 e. The lowest BCUT2D eigenvalue weighted by Gasteiger charge is -2.09. The van der Waals surface area contributed by atoms with Crippen molar-refractivity contribution in [3.05, 3.63) is 71.0 Å². The zero-order valence-electron chi connectivity index (χ0n) is 13.8. The Bertz CT molecular complexity index is 817. The number of ether oxygens (including phenoxy) is 1. The smallest absolute Gasteiger partial charge is 0.210 e. The van der Waals surface area contributed by atoms with Gasteiger partial charge in [-0.2, -0.15) is 0 Å². The molecule has 5 nitrogen and oxygen atoms in total. The fourth-order valence-electron chi connectivity index (χ4n) is 2.33. The number of hydrogen-bond donors (Lipinski definition) is 1. The van der Waals surface area contributed by atoms with Crippen LogP contribution in [0.2, 0.25) is 0 Å². The van der Waals surface area contributed by atoms with Crippen molar-refractivity contribution in [1.82, 2.24) is 14.9 Å². The van der Waals surface area contributed by atoms with Gasteiger partial charge in [-0.15, -0.1) is 10.2 Å². The second kappa shape index (κ2) is 7.40. The molecule has 6 heteroatoms. The molecule has 1 heterocycles. The molecule has 0 atom stereocenters. The van der Waals surface area contributed by atoms with E-state index in [4.69, 9.17) is 10.6 Å². The predicted molar refractivity (Wildman–Crippen MR) is 96.4 cm³/mol. The summed E-state index contributed by atoms with van der Waals surface area (Å²) in [4.78, 5) is 0. The number of aromatic nitrogens is 3. The van der Waals surface area contributed by atoms with E-state index in [0.29, 0.717) is 17.6 Å². The number of nitrogens with two attached hydrogens (primary N) is 1. The monoisotopic (exact) mass is 340 g/mol. The molecule has 0 aliphatic heterocycles. The Morgan fingerprint density at radius 2 is 1.88 bits per heavy atom. The Kier molecular flexibility index (Phi) is 5.05. The minimum Gasteiger partial charge on any atom is -0.485 e. The molecule has 24 heavy (non-hydrogen) atoms. The first-order chi connectivity index (χ1) is 11.6. The van der Waals surface area contributed by atoms with E-state index in [1.807, 2.05) is 37.3 Å². The number of benzene rings is 2. The van der Waals surface area contributed by atoms with Crippen molar-refractivity contribution in [1.29, 1.82) is 0 Å². The second-order valence-corrected chi connectivity index (χ2v) is 6.54. The first kappa shape index (κ1) is 16.4. The van der Waals surface area contributed by atoms with Gasteiger partial charge < -0.3 is 10.6 Å².